The second-order valence-electron chi connectivity index (χ2n) is 6.30. The number of nitrogens with one attached hydrogen (secondary N) is 2. The van der Waals surface area contributed by atoms with Crippen LogP contribution in [0.25, 0.3) is 0 Å². The maximum atomic E-state index is 12.5. The van der Waals surface area contributed by atoms with E-state index in [9.17, 15) is 4.79 Å². The van der Waals surface area contributed by atoms with E-state index in [4.69, 9.17) is 0 Å². The number of anilines is 1. The highest BCUT2D eigenvalue weighted by Gasteiger charge is 2.16. The first-order valence-electron chi connectivity index (χ1n) is 8.17. The maximum Gasteiger partial charge on any atom is 0.255 e. The van der Waals surface area contributed by atoms with Crippen LogP contribution in [0.3, 0.4) is 0 Å². The average molecular weight is 309 g/mol. The molecule has 1 unspecified atom stereocenters. The standard InChI is InChI=1S/C19H23N3O/c1-13-6-7-18(14(2)21-13)22-19(23)17-5-3-4-15(11-17)10-16-8-9-20-12-16/h3-7,11,16,20H,8-10,12H2,1-2H3,(H,22,23). The second kappa shape index (κ2) is 6.92. The molecule has 3 rings (SSSR count). The van der Waals surface area contributed by atoms with E-state index in [0.29, 0.717) is 11.5 Å². The molecule has 120 valence electrons. The number of hydrogen-bond donors (Lipinski definition) is 2. The topological polar surface area (TPSA) is 54.0 Å². The van der Waals surface area contributed by atoms with Gasteiger partial charge in [-0.25, -0.2) is 0 Å². The molecule has 1 saturated heterocycles. The van der Waals surface area contributed by atoms with Crippen molar-refractivity contribution in [3.8, 4) is 0 Å². The summed E-state index contributed by atoms with van der Waals surface area (Å²) in [6.45, 7) is 6.03. The van der Waals surface area contributed by atoms with Gasteiger partial charge in [-0.1, -0.05) is 12.1 Å². The minimum absolute atomic E-state index is 0.0786. The molecule has 1 fully saturated rings. The Morgan fingerprint density at radius 2 is 2.17 bits per heavy atom. The van der Waals surface area contributed by atoms with Crippen molar-refractivity contribution in [1.82, 2.24) is 10.3 Å². The zero-order valence-corrected chi connectivity index (χ0v) is 13.7. The van der Waals surface area contributed by atoms with Crippen LogP contribution in [0.15, 0.2) is 36.4 Å². The number of carbonyl (C=O) groups is 1. The normalized spacial score (nSPS) is 17.2. The average Bonchev–Trinajstić information content (AvgIpc) is 3.03. The van der Waals surface area contributed by atoms with Crippen molar-refractivity contribution in [3.63, 3.8) is 0 Å². The van der Waals surface area contributed by atoms with Crippen LogP contribution in [0.1, 0.15) is 33.7 Å². The first-order valence-corrected chi connectivity index (χ1v) is 8.17. The monoisotopic (exact) mass is 309 g/mol. The highest BCUT2D eigenvalue weighted by Crippen LogP contribution is 2.18. The molecular formula is C19H23N3O. The van der Waals surface area contributed by atoms with Crippen LogP contribution in [0.5, 0.6) is 0 Å². The molecule has 0 radical (unpaired) electrons. The van der Waals surface area contributed by atoms with Crippen LogP contribution in [-0.2, 0) is 6.42 Å². The van der Waals surface area contributed by atoms with Gasteiger partial charge in [-0.15, -0.1) is 0 Å². The molecule has 2 aromatic rings. The van der Waals surface area contributed by atoms with E-state index in [1.807, 2.05) is 44.2 Å². The van der Waals surface area contributed by atoms with Gasteiger partial charge in [0.1, 0.15) is 0 Å². The molecule has 0 saturated carbocycles. The lowest BCUT2D eigenvalue weighted by molar-refractivity contribution is 0.102. The van der Waals surface area contributed by atoms with Gasteiger partial charge in [-0.3, -0.25) is 9.78 Å². The maximum absolute atomic E-state index is 12.5. The Morgan fingerprint density at radius 1 is 1.30 bits per heavy atom. The number of benzene rings is 1. The van der Waals surface area contributed by atoms with Crippen molar-refractivity contribution in [2.75, 3.05) is 18.4 Å². The van der Waals surface area contributed by atoms with Gasteiger partial charge in [0.2, 0.25) is 0 Å². The van der Waals surface area contributed by atoms with E-state index in [0.717, 1.165) is 36.6 Å². The van der Waals surface area contributed by atoms with Crippen molar-refractivity contribution < 1.29 is 4.79 Å². The summed E-state index contributed by atoms with van der Waals surface area (Å²) in [6.07, 6.45) is 2.24. The first kappa shape index (κ1) is 15.7. The van der Waals surface area contributed by atoms with Gasteiger partial charge in [0.15, 0.2) is 0 Å². The summed E-state index contributed by atoms with van der Waals surface area (Å²) in [5.41, 5.74) is 4.49. The van der Waals surface area contributed by atoms with Crippen LogP contribution >= 0.6 is 0 Å². The molecule has 23 heavy (non-hydrogen) atoms. The lowest BCUT2D eigenvalue weighted by Gasteiger charge is -2.11. The largest absolute Gasteiger partial charge is 0.320 e. The molecule has 0 aliphatic carbocycles. The molecule has 0 bridgehead atoms. The fourth-order valence-electron chi connectivity index (χ4n) is 3.07. The SMILES string of the molecule is Cc1ccc(NC(=O)c2cccc(CC3CCNC3)c2)c(C)n1. The number of aromatic nitrogens is 1. The minimum atomic E-state index is -0.0786. The van der Waals surface area contributed by atoms with Gasteiger partial charge in [-0.05, 0) is 75.5 Å². The number of aryl methyl sites for hydroxylation is 2. The Morgan fingerprint density at radius 3 is 2.91 bits per heavy atom. The molecule has 1 aromatic heterocycles. The summed E-state index contributed by atoms with van der Waals surface area (Å²) in [4.78, 5) is 16.9. The lowest BCUT2D eigenvalue weighted by Crippen LogP contribution is -2.14. The molecule has 2 heterocycles. The summed E-state index contributed by atoms with van der Waals surface area (Å²) < 4.78 is 0. The highest BCUT2D eigenvalue weighted by molar-refractivity contribution is 6.04. The molecule has 0 spiro atoms. The summed E-state index contributed by atoms with van der Waals surface area (Å²) in [5.74, 6) is 0.599. The van der Waals surface area contributed by atoms with Gasteiger partial charge < -0.3 is 10.6 Å². The molecule has 4 heteroatoms. The summed E-state index contributed by atoms with van der Waals surface area (Å²) in [5, 5.41) is 6.35. The van der Waals surface area contributed by atoms with E-state index in [2.05, 4.69) is 21.7 Å². The predicted octanol–water partition coefficient (Wildman–Crippen LogP) is 3.10. The van der Waals surface area contributed by atoms with Crippen molar-refractivity contribution in [1.29, 1.82) is 0 Å². The smallest absolute Gasteiger partial charge is 0.255 e. The molecular weight excluding hydrogens is 286 g/mol. The van der Waals surface area contributed by atoms with Crippen molar-refractivity contribution in [3.05, 3.63) is 58.9 Å². The Bertz CT molecular complexity index is 706. The lowest BCUT2D eigenvalue weighted by atomic mass is 9.97. The predicted molar refractivity (Wildman–Crippen MR) is 92.8 cm³/mol. The van der Waals surface area contributed by atoms with Gasteiger partial charge in [0, 0.05) is 11.3 Å². The number of carbonyl (C=O) groups excluding carboxylic acids is 1. The number of rotatable bonds is 4. The molecule has 4 nitrogen and oxygen atoms in total. The number of pyridine rings is 1. The minimum Gasteiger partial charge on any atom is -0.320 e. The Balaban J connectivity index is 1.71. The number of amides is 1. The fraction of sp³-hybridized carbons (Fsp3) is 0.368. The van der Waals surface area contributed by atoms with Crippen LogP contribution < -0.4 is 10.6 Å². The van der Waals surface area contributed by atoms with Crippen molar-refractivity contribution in [2.45, 2.75) is 26.7 Å². The first-order chi connectivity index (χ1) is 11.1. The van der Waals surface area contributed by atoms with Crippen molar-refractivity contribution in [2.24, 2.45) is 5.92 Å². The number of nitrogens with zero attached hydrogens (tertiary/aromatic N) is 1. The summed E-state index contributed by atoms with van der Waals surface area (Å²) in [6, 6.07) is 11.8. The number of hydrogen-bond acceptors (Lipinski definition) is 3. The van der Waals surface area contributed by atoms with E-state index < -0.39 is 0 Å². The van der Waals surface area contributed by atoms with E-state index in [1.54, 1.807) is 0 Å². The molecule has 1 aliphatic rings. The van der Waals surface area contributed by atoms with E-state index >= 15 is 0 Å². The van der Waals surface area contributed by atoms with Gasteiger partial charge in [0.25, 0.3) is 5.91 Å². The Hall–Kier alpha value is -2.20. The Kier molecular flexibility index (Phi) is 4.72. The van der Waals surface area contributed by atoms with Gasteiger partial charge >= 0.3 is 0 Å². The molecule has 1 amide bonds. The van der Waals surface area contributed by atoms with Crippen LogP contribution in [0.4, 0.5) is 5.69 Å². The zero-order chi connectivity index (χ0) is 16.2. The summed E-state index contributed by atoms with van der Waals surface area (Å²) in [7, 11) is 0. The second-order valence-corrected chi connectivity index (χ2v) is 6.30. The van der Waals surface area contributed by atoms with E-state index in [1.165, 1.54) is 12.0 Å². The Labute approximate surface area is 137 Å². The van der Waals surface area contributed by atoms with Crippen LogP contribution in [-0.4, -0.2) is 24.0 Å². The quantitative estimate of drug-likeness (QED) is 0.912. The van der Waals surface area contributed by atoms with Crippen molar-refractivity contribution >= 4 is 11.6 Å². The van der Waals surface area contributed by atoms with Crippen LogP contribution in [0.2, 0.25) is 0 Å². The third-order valence-electron chi connectivity index (χ3n) is 4.35. The molecule has 1 aliphatic heterocycles. The van der Waals surface area contributed by atoms with Gasteiger partial charge in [-0.2, -0.15) is 0 Å². The van der Waals surface area contributed by atoms with Gasteiger partial charge in [0.05, 0.1) is 11.4 Å². The molecule has 1 aromatic carbocycles. The zero-order valence-electron chi connectivity index (χ0n) is 13.7. The third kappa shape index (κ3) is 3.96. The molecule has 1 atom stereocenters. The fourth-order valence-corrected chi connectivity index (χ4v) is 3.07. The van der Waals surface area contributed by atoms with Crippen LogP contribution in [0, 0.1) is 19.8 Å². The summed E-state index contributed by atoms with van der Waals surface area (Å²) >= 11 is 0. The molecule has 2 N–H and O–H groups in total. The highest BCUT2D eigenvalue weighted by atomic mass is 16.1. The van der Waals surface area contributed by atoms with E-state index in [-0.39, 0.29) is 5.91 Å². The third-order valence-corrected chi connectivity index (χ3v) is 4.35.